The lowest BCUT2D eigenvalue weighted by molar-refractivity contribution is 0.0728. The average molecular weight is 437 g/mol. The monoisotopic (exact) mass is 436 g/mol. The number of carbonyl (C=O) groups excluding carboxylic acids is 1. The molecule has 1 aliphatic carbocycles. The number of carbonyl (C=O) groups is 1. The molecule has 32 heavy (non-hydrogen) atoms. The number of amides is 1. The first-order valence-corrected chi connectivity index (χ1v) is 12.4. The van der Waals surface area contributed by atoms with E-state index in [1.54, 1.807) is 10.9 Å². The Hall–Kier alpha value is -2.44. The van der Waals surface area contributed by atoms with Crippen LogP contribution in [0.15, 0.2) is 6.20 Å². The summed E-state index contributed by atoms with van der Waals surface area (Å²) in [4.78, 5) is 28.0. The van der Waals surface area contributed by atoms with Crippen LogP contribution in [0.1, 0.15) is 90.5 Å². The highest BCUT2D eigenvalue weighted by molar-refractivity contribution is 5.95. The normalized spacial score (nSPS) is 21.8. The van der Waals surface area contributed by atoms with Crippen molar-refractivity contribution in [3.05, 3.63) is 34.5 Å². The lowest BCUT2D eigenvalue weighted by Crippen LogP contribution is -2.37. The second-order valence-electron chi connectivity index (χ2n) is 9.95. The first kappa shape index (κ1) is 21.4. The molecule has 0 radical (unpaired) electrons. The molecule has 4 heterocycles. The van der Waals surface area contributed by atoms with Crippen LogP contribution in [0.4, 0.5) is 5.82 Å². The number of nitrogens with zero attached hydrogens (tertiary/aromatic N) is 6. The van der Waals surface area contributed by atoms with E-state index in [0.29, 0.717) is 5.56 Å². The van der Waals surface area contributed by atoms with Crippen LogP contribution in [-0.2, 0) is 13.5 Å². The molecule has 0 N–H and O–H groups in total. The fourth-order valence-electron chi connectivity index (χ4n) is 5.86. The lowest BCUT2D eigenvalue weighted by atomic mass is 9.88. The van der Waals surface area contributed by atoms with E-state index in [4.69, 9.17) is 9.97 Å². The van der Waals surface area contributed by atoms with Crippen LogP contribution in [-0.4, -0.2) is 50.2 Å². The highest BCUT2D eigenvalue weighted by atomic mass is 16.2. The van der Waals surface area contributed by atoms with Crippen molar-refractivity contribution in [1.29, 1.82) is 0 Å². The van der Waals surface area contributed by atoms with Crippen LogP contribution in [0.25, 0.3) is 0 Å². The highest BCUT2D eigenvalue weighted by Crippen LogP contribution is 2.36. The molecule has 1 atom stereocenters. The third-order valence-electron chi connectivity index (χ3n) is 7.84. The molecule has 0 aromatic carbocycles. The Morgan fingerprint density at radius 3 is 2.59 bits per heavy atom. The average Bonchev–Trinajstić information content (AvgIpc) is 3.42. The van der Waals surface area contributed by atoms with Crippen molar-refractivity contribution >= 4 is 11.7 Å². The maximum absolute atomic E-state index is 13.4. The predicted molar refractivity (Wildman–Crippen MR) is 125 cm³/mol. The predicted octanol–water partition coefficient (Wildman–Crippen LogP) is 4.14. The van der Waals surface area contributed by atoms with Crippen molar-refractivity contribution in [3.8, 4) is 0 Å². The molecule has 0 spiro atoms. The minimum atomic E-state index is -0.0513. The van der Waals surface area contributed by atoms with Crippen molar-refractivity contribution in [2.45, 2.75) is 77.7 Å². The number of aryl methyl sites for hydroxylation is 2. The topological polar surface area (TPSA) is 67.2 Å². The van der Waals surface area contributed by atoms with Crippen LogP contribution in [0.5, 0.6) is 0 Å². The van der Waals surface area contributed by atoms with Crippen molar-refractivity contribution in [1.82, 2.24) is 24.6 Å². The van der Waals surface area contributed by atoms with Gasteiger partial charge in [0.25, 0.3) is 5.91 Å². The number of hydrogen-bond donors (Lipinski definition) is 0. The second kappa shape index (κ2) is 8.83. The first-order valence-electron chi connectivity index (χ1n) is 12.4. The van der Waals surface area contributed by atoms with Crippen molar-refractivity contribution < 1.29 is 4.79 Å². The summed E-state index contributed by atoms with van der Waals surface area (Å²) >= 11 is 0. The zero-order valence-electron chi connectivity index (χ0n) is 19.8. The molecule has 3 aliphatic rings. The van der Waals surface area contributed by atoms with Gasteiger partial charge in [-0.3, -0.25) is 9.48 Å². The van der Waals surface area contributed by atoms with Gasteiger partial charge < -0.3 is 9.80 Å². The van der Waals surface area contributed by atoms with E-state index >= 15 is 0 Å². The van der Waals surface area contributed by atoms with Gasteiger partial charge in [0.2, 0.25) is 0 Å². The minimum absolute atomic E-state index is 0.0513. The molecule has 2 aliphatic heterocycles. The van der Waals surface area contributed by atoms with Crippen LogP contribution >= 0.6 is 0 Å². The van der Waals surface area contributed by atoms with Gasteiger partial charge in [-0.2, -0.15) is 5.10 Å². The molecular weight excluding hydrogens is 400 g/mol. The molecule has 5 rings (SSSR count). The van der Waals surface area contributed by atoms with Crippen molar-refractivity contribution in [2.75, 3.05) is 24.5 Å². The second-order valence-corrected chi connectivity index (χ2v) is 9.95. The lowest BCUT2D eigenvalue weighted by Gasteiger charge is -2.35. The van der Waals surface area contributed by atoms with Gasteiger partial charge >= 0.3 is 0 Å². The fourth-order valence-corrected chi connectivity index (χ4v) is 5.86. The van der Waals surface area contributed by atoms with E-state index in [2.05, 4.69) is 16.9 Å². The van der Waals surface area contributed by atoms with Crippen LogP contribution in [0.3, 0.4) is 0 Å². The summed E-state index contributed by atoms with van der Waals surface area (Å²) < 4.78 is 1.76. The Balaban J connectivity index is 1.43. The van der Waals surface area contributed by atoms with Gasteiger partial charge in [-0.25, -0.2) is 9.97 Å². The molecule has 172 valence electrons. The van der Waals surface area contributed by atoms with Crippen molar-refractivity contribution in [3.63, 3.8) is 0 Å². The summed E-state index contributed by atoms with van der Waals surface area (Å²) in [6.07, 6.45) is 12.7. The number of likely N-dealkylation sites (tertiary alicyclic amines) is 1. The quantitative estimate of drug-likeness (QED) is 0.721. The van der Waals surface area contributed by atoms with Gasteiger partial charge in [0.05, 0.1) is 17.8 Å². The summed E-state index contributed by atoms with van der Waals surface area (Å²) in [5.41, 5.74) is 4.00. The zero-order chi connectivity index (χ0) is 22.2. The number of rotatable bonds is 4. The molecule has 0 bridgehead atoms. The third kappa shape index (κ3) is 3.90. The Bertz CT molecular complexity index is 993. The molecule has 1 saturated carbocycles. The Morgan fingerprint density at radius 1 is 1.03 bits per heavy atom. The Morgan fingerprint density at radius 2 is 1.84 bits per heavy atom. The van der Waals surface area contributed by atoms with Crippen LogP contribution < -0.4 is 4.90 Å². The van der Waals surface area contributed by atoms with Crippen LogP contribution in [0.2, 0.25) is 0 Å². The summed E-state index contributed by atoms with van der Waals surface area (Å²) in [6.45, 7) is 7.03. The van der Waals surface area contributed by atoms with E-state index in [-0.39, 0.29) is 11.9 Å². The number of hydrogen-bond acceptors (Lipinski definition) is 5. The molecule has 1 amide bonds. The summed E-state index contributed by atoms with van der Waals surface area (Å²) in [6, 6.07) is -0.0513. The maximum Gasteiger partial charge on any atom is 0.257 e. The maximum atomic E-state index is 13.4. The van der Waals surface area contributed by atoms with Gasteiger partial charge in [-0.15, -0.1) is 0 Å². The van der Waals surface area contributed by atoms with Gasteiger partial charge in [0.1, 0.15) is 5.82 Å². The van der Waals surface area contributed by atoms with E-state index in [0.717, 1.165) is 67.8 Å². The summed E-state index contributed by atoms with van der Waals surface area (Å²) in [5.74, 6) is 2.80. The molecule has 2 aromatic heterocycles. The Labute approximate surface area is 191 Å². The van der Waals surface area contributed by atoms with E-state index in [1.807, 2.05) is 18.9 Å². The number of anilines is 1. The molecule has 7 heteroatoms. The number of aromatic nitrogens is 4. The standard InChI is InChI=1S/C25H36N6O/c1-17-20-11-7-13-30(16-19-9-5-4-6-10-19)24(20)28-23(27-17)22-12-8-14-31(22)25(32)21-15-26-29(3)18(21)2/h15,19,22H,4-14,16H2,1-3H3. The molecule has 1 unspecified atom stereocenters. The molecule has 2 fully saturated rings. The number of fused-ring (bicyclic) bond motifs is 1. The largest absolute Gasteiger partial charge is 0.356 e. The molecular formula is C25H36N6O. The smallest absolute Gasteiger partial charge is 0.257 e. The highest BCUT2D eigenvalue weighted by Gasteiger charge is 2.35. The summed E-state index contributed by atoms with van der Waals surface area (Å²) in [5, 5.41) is 4.27. The fraction of sp³-hybridized carbons (Fsp3) is 0.680. The van der Waals surface area contributed by atoms with E-state index in [1.165, 1.54) is 44.1 Å². The van der Waals surface area contributed by atoms with Crippen molar-refractivity contribution in [2.24, 2.45) is 13.0 Å². The Kier molecular flexibility index (Phi) is 5.91. The molecule has 7 nitrogen and oxygen atoms in total. The van der Waals surface area contributed by atoms with E-state index in [9.17, 15) is 4.79 Å². The SMILES string of the molecule is Cc1nc(C2CCCN2C(=O)c2cnn(C)c2C)nc2c1CCCN2CC1CCCCC1. The molecule has 2 aromatic rings. The third-order valence-corrected chi connectivity index (χ3v) is 7.84. The summed E-state index contributed by atoms with van der Waals surface area (Å²) in [7, 11) is 1.88. The zero-order valence-corrected chi connectivity index (χ0v) is 19.8. The van der Waals surface area contributed by atoms with Gasteiger partial charge in [-0.05, 0) is 58.3 Å². The minimum Gasteiger partial charge on any atom is -0.356 e. The first-order chi connectivity index (χ1) is 15.5. The van der Waals surface area contributed by atoms with Gasteiger partial charge in [-0.1, -0.05) is 19.3 Å². The van der Waals surface area contributed by atoms with Gasteiger partial charge in [0, 0.05) is 43.6 Å². The molecule has 1 saturated heterocycles. The van der Waals surface area contributed by atoms with Gasteiger partial charge in [0.15, 0.2) is 5.82 Å². The van der Waals surface area contributed by atoms with Crippen LogP contribution in [0, 0.1) is 19.8 Å². The van der Waals surface area contributed by atoms with E-state index < -0.39 is 0 Å².